The van der Waals surface area contributed by atoms with E-state index in [0.717, 1.165) is 19.6 Å². The number of imidazole rings is 1. The van der Waals surface area contributed by atoms with E-state index in [0.29, 0.717) is 12.0 Å². The molecule has 2 aliphatic heterocycles. The second-order valence-electron chi connectivity index (χ2n) is 4.68. The summed E-state index contributed by atoms with van der Waals surface area (Å²) in [5.41, 5.74) is 2.40. The summed E-state index contributed by atoms with van der Waals surface area (Å²) >= 11 is 0. The fraction of sp³-hybridized carbons (Fsp3) is 0.727. The number of ether oxygens (including phenoxy) is 1. The quantitative estimate of drug-likeness (QED) is 0.661. The molecule has 1 aromatic rings. The summed E-state index contributed by atoms with van der Waals surface area (Å²) in [4.78, 5) is 7.72. The monoisotopic (exact) mass is 207 g/mol. The van der Waals surface area contributed by atoms with Crippen molar-refractivity contribution in [3.8, 4) is 0 Å². The molecule has 0 aromatic carbocycles. The fourth-order valence-corrected chi connectivity index (χ4v) is 2.83. The van der Waals surface area contributed by atoms with Crippen molar-refractivity contribution < 1.29 is 4.74 Å². The van der Waals surface area contributed by atoms with Crippen LogP contribution < -0.4 is 5.32 Å². The standard InChI is InChI=1S/C11H17N3O/c1-7-8(2)15-5-11(7)10-9(3-4-14-11)12-6-13-10/h6-8,14H,3-5H2,1-2H3,(H,12,13)/t7-,8-,11+/m0/s1. The first-order chi connectivity index (χ1) is 7.24. The van der Waals surface area contributed by atoms with Crippen LogP contribution in [0.15, 0.2) is 6.33 Å². The number of fused-ring (bicyclic) bond motifs is 2. The van der Waals surface area contributed by atoms with Crippen LogP contribution in [0.1, 0.15) is 25.2 Å². The molecular weight excluding hydrogens is 190 g/mol. The predicted octanol–water partition coefficient (Wildman–Crippen LogP) is 0.805. The molecule has 0 amide bonds. The van der Waals surface area contributed by atoms with Crippen LogP contribution in [-0.2, 0) is 16.7 Å². The Labute approximate surface area is 89.4 Å². The van der Waals surface area contributed by atoms with Crippen molar-refractivity contribution in [3.63, 3.8) is 0 Å². The largest absolute Gasteiger partial charge is 0.376 e. The number of H-pyrrole nitrogens is 1. The van der Waals surface area contributed by atoms with Gasteiger partial charge in [0.1, 0.15) is 0 Å². The third-order valence-corrected chi connectivity index (χ3v) is 4.01. The van der Waals surface area contributed by atoms with Crippen LogP contribution in [0, 0.1) is 5.92 Å². The van der Waals surface area contributed by atoms with Gasteiger partial charge in [0.2, 0.25) is 0 Å². The van der Waals surface area contributed by atoms with Crippen LogP contribution in [0.3, 0.4) is 0 Å². The van der Waals surface area contributed by atoms with Crippen molar-refractivity contribution in [2.45, 2.75) is 31.9 Å². The van der Waals surface area contributed by atoms with Gasteiger partial charge in [0.25, 0.3) is 0 Å². The van der Waals surface area contributed by atoms with E-state index in [-0.39, 0.29) is 5.54 Å². The van der Waals surface area contributed by atoms with Crippen molar-refractivity contribution in [2.75, 3.05) is 13.2 Å². The van der Waals surface area contributed by atoms with Crippen molar-refractivity contribution in [1.29, 1.82) is 0 Å². The van der Waals surface area contributed by atoms with Gasteiger partial charge in [0.15, 0.2) is 0 Å². The van der Waals surface area contributed by atoms with E-state index < -0.39 is 0 Å². The second-order valence-corrected chi connectivity index (χ2v) is 4.68. The highest BCUT2D eigenvalue weighted by Crippen LogP contribution is 2.40. The Hall–Kier alpha value is -0.870. The lowest BCUT2D eigenvalue weighted by molar-refractivity contribution is 0.104. The van der Waals surface area contributed by atoms with Gasteiger partial charge in [-0.05, 0) is 6.92 Å². The summed E-state index contributed by atoms with van der Waals surface area (Å²) in [6, 6.07) is 0. The Morgan fingerprint density at radius 3 is 3.13 bits per heavy atom. The Morgan fingerprint density at radius 1 is 1.53 bits per heavy atom. The average Bonchev–Trinajstić information content (AvgIpc) is 2.81. The summed E-state index contributed by atoms with van der Waals surface area (Å²) < 4.78 is 5.77. The fourth-order valence-electron chi connectivity index (χ4n) is 2.83. The molecule has 1 saturated heterocycles. The minimum Gasteiger partial charge on any atom is -0.376 e. The Kier molecular flexibility index (Phi) is 1.91. The van der Waals surface area contributed by atoms with Gasteiger partial charge in [-0.3, -0.25) is 0 Å². The second kappa shape index (κ2) is 3.06. The molecule has 1 fully saturated rings. The van der Waals surface area contributed by atoms with Gasteiger partial charge in [-0.15, -0.1) is 0 Å². The molecule has 15 heavy (non-hydrogen) atoms. The summed E-state index contributed by atoms with van der Waals surface area (Å²) in [6.07, 6.45) is 3.15. The number of nitrogens with zero attached hydrogens (tertiary/aromatic N) is 1. The van der Waals surface area contributed by atoms with E-state index in [1.54, 1.807) is 6.33 Å². The van der Waals surface area contributed by atoms with Crippen LogP contribution in [0.25, 0.3) is 0 Å². The lowest BCUT2D eigenvalue weighted by atomic mass is 9.79. The smallest absolute Gasteiger partial charge is 0.0926 e. The molecule has 4 heteroatoms. The van der Waals surface area contributed by atoms with Crippen molar-refractivity contribution in [2.24, 2.45) is 5.92 Å². The molecule has 0 saturated carbocycles. The van der Waals surface area contributed by atoms with E-state index in [9.17, 15) is 0 Å². The highest BCUT2D eigenvalue weighted by Gasteiger charge is 2.50. The topological polar surface area (TPSA) is 49.9 Å². The van der Waals surface area contributed by atoms with Crippen molar-refractivity contribution in [3.05, 3.63) is 17.7 Å². The molecule has 0 bridgehead atoms. The summed E-state index contributed by atoms with van der Waals surface area (Å²) in [7, 11) is 0. The van der Waals surface area contributed by atoms with E-state index >= 15 is 0 Å². The molecule has 0 radical (unpaired) electrons. The summed E-state index contributed by atoms with van der Waals surface area (Å²) in [5.74, 6) is 0.472. The van der Waals surface area contributed by atoms with E-state index in [1.807, 2.05) is 0 Å². The van der Waals surface area contributed by atoms with Gasteiger partial charge in [-0.25, -0.2) is 4.98 Å². The van der Waals surface area contributed by atoms with Crippen molar-refractivity contribution >= 4 is 0 Å². The Bertz CT molecular complexity index is 376. The molecule has 2 N–H and O–H groups in total. The number of hydrogen-bond donors (Lipinski definition) is 2. The van der Waals surface area contributed by atoms with Crippen molar-refractivity contribution in [1.82, 2.24) is 15.3 Å². The van der Waals surface area contributed by atoms with Crippen LogP contribution in [-0.4, -0.2) is 29.2 Å². The third kappa shape index (κ3) is 1.12. The van der Waals surface area contributed by atoms with Gasteiger partial charge >= 0.3 is 0 Å². The molecule has 3 rings (SSSR count). The lowest BCUT2D eigenvalue weighted by Gasteiger charge is -2.36. The molecule has 4 nitrogen and oxygen atoms in total. The number of aromatic nitrogens is 2. The highest BCUT2D eigenvalue weighted by atomic mass is 16.5. The van der Waals surface area contributed by atoms with E-state index in [2.05, 4.69) is 29.1 Å². The van der Waals surface area contributed by atoms with Gasteiger partial charge in [-0.2, -0.15) is 0 Å². The zero-order valence-electron chi connectivity index (χ0n) is 9.21. The van der Waals surface area contributed by atoms with Crippen LogP contribution in [0.4, 0.5) is 0 Å². The molecular formula is C11H17N3O. The van der Waals surface area contributed by atoms with Crippen LogP contribution in [0.5, 0.6) is 0 Å². The highest BCUT2D eigenvalue weighted by molar-refractivity contribution is 5.28. The van der Waals surface area contributed by atoms with Crippen LogP contribution >= 0.6 is 0 Å². The molecule has 0 unspecified atom stereocenters. The first-order valence-electron chi connectivity index (χ1n) is 5.63. The molecule has 1 aromatic heterocycles. The molecule has 1 spiro atoms. The van der Waals surface area contributed by atoms with Gasteiger partial charge in [0.05, 0.1) is 30.3 Å². The molecule has 0 aliphatic carbocycles. The zero-order chi connectivity index (χ0) is 10.5. The van der Waals surface area contributed by atoms with Gasteiger partial charge < -0.3 is 15.0 Å². The molecule has 2 aliphatic rings. The maximum Gasteiger partial charge on any atom is 0.0926 e. The molecule has 3 atom stereocenters. The summed E-state index contributed by atoms with van der Waals surface area (Å²) in [5, 5.41) is 3.61. The number of nitrogens with one attached hydrogen (secondary N) is 2. The third-order valence-electron chi connectivity index (χ3n) is 4.01. The number of aromatic amines is 1. The van der Waals surface area contributed by atoms with Crippen LogP contribution in [0.2, 0.25) is 0 Å². The first-order valence-corrected chi connectivity index (χ1v) is 5.63. The first kappa shape index (κ1) is 9.36. The summed E-state index contributed by atoms with van der Waals surface area (Å²) in [6.45, 7) is 6.14. The van der Waals surface area contributed by atoms with Gasteiger partial charge in [0, 0.05) is 24.6 Å². The molecule has 82 valence electrons. The predicted molar refractivity (Wildman–Crippen MR) is 56.6 cm³/mol. The minimum absolute atomic E-state index is 0.0486. The van der Waals surface area contributed by atoms with E-state index in [1.165, 1.54) is 11.4 Å². The maximum absolute atomic E-state index is 5.77. The Morgan fingerprint density at radius 2 is 2.40 bits per heavy atom. The van der Waals surface area contributed by atoms with Gasteiger partial charge in [-0.1, -0.05) is 6.92 Å². The normalized spacial score (nSPS) is 39.6. The Balaban J connectivity index is 2.08. The number of hydrogen-bond acceptors (Lipinski definition) is 3. The van der Waals surface area contributed by atoms with E-state index in [4.69, 9.17) is 4.74 Å². The maximum atomic E-state index is 5.77. The molecule has 3 heterocycles. The number of rotatable bonds is 0. The minimum atomic E-state index is -0.0486. The zero-order valence-corrected chi connectivity index (χ0v) is 9.21. The SMILES string of the molecule is C[C@@H]1OC[C@@]2(NCCc3[nH]cnc32)[C@H]1C. The lowest BCUT2D eigenvalue weighted by Crippen LogP contribution is -2.52. The average molecular weight is 207 g/mol.